The van der Waals surface area contributed by atoms with Crippen molar-refractivity contribution in [2.24, 2.45) is 0 Å². The first-order valence-electron chi connectivity index (χ1n) is 8.78. The molecule has 0 bridgehead atoms. The van der Waals surface area contributed by atoms with Crippen LogP contribution >= 0.6 is 0 Å². The molecule has 2 aromatic rings. The van der Waals surface area contributed by atoms with E-state index in [4.69, 9.17) is 0 Å². The van der Waals surface area contributed by atoms with Gasteiger partial charge in [-0.25, -0.2) is 0 Å². The third kappa shape index (κ3) is 3.90. The van der Waals surface area contributed by atoms with Crippen LogP contribution in [0.15, 0.2) is 30.3 Å². The highest BCUT2D eigenvalue weighted by atomic mass is 16.1. The Balaban J connectivity index is 1.62. The third-order valence-corrected chi connectivity index (χ3v) is 4.76. The highest BCUT2D eigenvalue weighted by Crippen LogP contribution is 2.25. The molecule has 0 spiro atoms. The molecule has 0 radical (unpaired) electrons. The van der Waals surface area contributed by atoms with E-state index in [0.717, 1.165) is 32.0 Å². The van der Waals surface area contributed by atoms with E-state index >= 15 is 0 Å². The van der Waals surface area contributed by atoms with Gasteiger partial charge in [0.15, 0.2) is 11.6 Å². The topological polar surface area (TPSA) is 61.4 Å². The zero-order chi connectivity index (χ0) is 17.8. The van der Waals surface area contributed by atoms with Crippen molar-refractivity contribution in [1.29, 1.82) is 0 Å². The second-order valence-electron chi connectivity index (χ2n) is 6.37. The first kappa shape index (κ1) is 17.2. The molecule has 6 nitrogen and oxygen atoms in total. The van der Waals surface area contributed by atoms with Crippen LogP contribution in [-0.2, 0) is 4.79 Å². The van der Waals surface area contributed by atoms with Crippen molar-refractivity contribution in [1.82, 2.24) is 10.2 Å². The number of carbonyl (C=O) groups is 1. The summed E-state index contributed by atoms with van der Waals surface area (Å²) in [7, 11) is 0. The minimum absolute atomic E-state index is 0.0517. The van der Waals surface area contributed by atoms with E-state index in [1.165, 1.54) is 16.8 Å². The Hall–Kier alpha value is -2.63. The van der Waals surface area contributed by atoms with E-state index in [0.29, 0.717) is 12.2 Å². The fraction of sp³-hybridized carbons (Fsp3) is 0.421. The molecule has 1 amide bonds. The van der Waals surface area contributed by atoms with Crippen molar-refractivity contribution in [2.75, 3.05) is 41.3 Å². The van der Waals surface area contributed by atoms with Crippen LogP contribution in [0.5, 0.6) is 0 Å². The predicted octanol–water partition coefficient (Wildman–Crippen LogP) is 2.77. The molecule has 1 fully saturated rings. The van der Waals surface area contributed by atoms with Gasteiger partial charge in [-0.3, -0.25) is 4.79 Å². The summed E-state index contributed by atoms with van der Waals surface area (Å²) in [5.41, 5.74) is 4.01. The fourth-order valence-corrected chi connectivity index (χ4v) is 3.05. The molecule has 0 saturated carbocycles. The van der Waals surface area contributed by atoms with Crippen LogP contribution in [0, 0.1) is 13.8 Å². The third-order valence-electron chi connectivity index (χ3n) is 4.76. The SMILES string of the molecule is CCC(=O)Nc1ccc(N2CCN(c3cccc(C)c3C)CC2)nn1. The summed E-state index contributed by atoms with van der Waals surface area (Å²) in [5.74, 6) is 1.31. The largest absolute Gasteiger partial charge is 0.368 e. The van der Waals surface area contributed by atoms with E-state index in [1.807, 2.05) is 19.1 Å². The Morgan fingerprint density at radius 2 is 1.76 bits per heavy atom. The molecule has 3 rings (SSSR count). The van der Waals surface area contributed by atoms with Gasteiger partial charge in [0.05, 0.1) is 0 Å². The van der Waals surface area contributed by atoms with Crippen molar-refractivity contribution in [3.05, 3.63) is 41.5 Å². The summed E-state index contributed by atoms with van der Waals surface area (Å²) in [4.78, 5) is 16.1. The van der Waals surface area contributed by atoms with Gasteiger partial charge in [0.25, 0.3) is 0 Å². The van der Waals surface area contributed by atoms with Crippen molar-refractivity contribution in [3.8, 4) is 0 Å². The molecule has 1 aromatic heterocycles. The number of nitrogens with zero attached hydrogens (tertiary/aromatic N) is 4. The van der Waals surface area contributed by atoms with Gasteiger partial charge in [-0.2, -0.15) is 0 Å². The lowest BCUT2D eigenvalue weighted by Gasteiger charge is -2.37. The Morgan fingerprint density at radius 1 is 1.04 bits per heavy atom. The molecule has 0 atom stereocenters. The quantitative estimate of drug-likeness (QED) is 0.928. The van der Waals surface area contributed by atoms with E-state index in [2.05, 4.69) is 57.4 Å². The normalized spacial score (nSPS) is 14.5. The smallest absolute Gasteiger partial charge is 0.225 e. The standard InChI is InChI=1S/C19H25N5O/c1-4-19(25)20-17-8-9-18(22-21-17)24-12-10-23(11-13-24)16-7-5-6-14(2)15(16)3/h5-9H,4,10-13H2,1-3H3,(H,20,21,25). The van der Waals surface area contributed by atoms with Crippen molar-refractivity contribution in [2.45, 2.75) is 27.2 Å². The monoisotopic (exact) mass is 339 g/mol. The molecule has 6 heteroatoms. The average molecular weight is 339 g/mol. The van der Waals surface area contributed by atoms with Crippen LogP contribution in [-0.4, -0.2) is 42.3 Å². The summed E-state index contributed by atoms with van der Waals surface area (Å²) < 4.78 is 0. The van der Waals surface area contributed by atoms with Crippen LogP contribution in [0.3, 0.4) is 0 Å². The van der Waals surface area contributed by atoms with Gasteiger partial charge in [-0.05, 0) is 43.2 Å². The molecule has 2 heterocycles. The Bertz CT molecular complexity index is 736. The van der Waals surface area contributed by atoms with Gasteiger partial charge in [-0.15, -0.1) is 10.2 Å². The molecule has 1 saturated heterocycles. The Labute approximate surface area is 148 Å². The van der Waals surface area contributed by atoms with Crippen molar-refractivity contribution < 1.29 is 4.79 Å². The van der Waals surface area contributed by atoms with Gasteiger partial charge >= 0.3 is 0 Å². The van der Waals surface area contributed by atoms with Crippen LogP contribution < -0.4 is 15.1 Å². The van der Waals surface area contributed by atoms with Gasteiger partial charge < -0.3 is 15.1 Å². The summed E-state index contributed by atoms with van der Waals surface area (Å²) in [6.45, 7) is 9.88. The predicted molar refractivity (Wildman–Crippen MR) is 101 cm³/mol. The van der Waals surface area contributed by atoms with Crippen molar-refractivity contribution in [3.63, 3.8) is 0 Å². The average Bonchev–Trinajstić information content (AvgIpc) is 2.65. The van der Waals surface area contributed by atoms with Gasteiger partial charge in [-0.1, -0.05) is 19.1 Å². The van der Waals surface area contributed by atoms with Gasteiger partial charge in [0, 0.05) is 38.3 Å². The van der Waals surface area contributed by atoms with E-state index < -0.39 is 0 Å². The fourth-order valence-electron chi connectivity index (χ4n) is 3.05. The Morgan fingerprint density at radius 3 is 2.40 bits per heavy atom. The summed E-state index contributed by atoms with van der Waals surface area (Å²) in [6.07, 6.45) is 0.434. The summed E-state index contributed by atoms with van der Waals surface area (Å²) >= 11 is 0. The van der Waals surface area contributed by atoms with Gasteiger partial charge in [0.1, 0.15) is 0 Å². The lowest BCUT2D eigenvalue weighted by molar-refractivity contribution is -0.115. The number of anilines is 3. The van der Waals surface area contributed by atoms with E-state index in [-0.39, 0.29) is 5.91 Å². The number of carbonyl (C=O) groups excluding carboxylic acids is 1. The number of hydrogen-bond acceptors (Lipinski definition) is 5. The number of nitrogens with one attached hydrogen (secondary N) is 1. The number of rotatable bonds is 4. The number of amides is 1. The molecule has 132 valence electrons. The second kappa shape index (κ2) is 7.51. The van der Waals surface area contributed by atoms with Crippen LogP contribution in [0.2, 0.25) is 0 Å². The van der Waals surface area contributed by atoms with Crippen LogP contribution in [0.4, 0.5) is 17.3 Å². The molecular weight excluding hydrogens is 314 g/mol. The summed E-state index contributed by atoms with van der Waals surface area (Å²) in [5, 5.41) is 11.1. The first-order valence-corrected chi connectivity index (χ1v) is 8.78. The maximum atomic E-state index is 11.4. The van der Waals surface area contributed by atoms with E-state index in [9.17, 15) is 4.79 Å². The molecule has 1 N–H and O–H groups in total. The molecule has 25 heavy (non-hydrogen) atoms. The lowest BCUT2D eigenvalue weighted by Crippen LogP contribution is -2.47. The lowest BCUT2D eigenvalue weighted by atomic mass is 10.1. The minimum atomic E-state index is -0.0517. The zero-order valence-electron chi connectivity index (χ0n) is 15.1. The molecule has 0 unspecified atom stereocenters. The zero-order valence-corrected chi connectivity index (χ0v) is 15.1. The summed E-state index contributed by atoms with van der Waals surface area (Å²) in [6, 6.07) is 10.2. The highest BCUT2D eigenvalue weighted by molar-refractivity contribution is 5.89. The van der Waals surface area contributed by atoms with Gasteiger partial charge in [0.2, 0.25) is 5.91 Å². The molecule has 1 aromatic carbocycles. The maximum Gasteiger partial charge on any atom is 0.225 e. The molecular formula is C19H25N5O. The first-order chi connectivity index (χ1) is 12.1. The van der Waals surface area contributed by atoms with Crippen molar-refractivity contribution >= 4 is 23.2 Å². The van der Waals surface area contributed by atoms with E-state index in [1.54, 1.807) is 0 Å². The number of benzene rings is 1. The highest BCUT2D eigenvalue weighted by Gasteiger charge is 2.20. The molecule has 1 aliphatic rings. The number of piperazine rings is 1. The molecule has 1 aliphatic heterocycles. The second-order valence-corrected chi connectivity index (χ2v) is 6.37. The number of aromatic nitrogens is 2. The Kier molecular flexibility index (Phi) is 5.16. The number of aryl methyl sites for hydroxylation is 1. The van der Waals surface area contributed by atoms with Crippen LogP contribution in [0.1, 0.15) is 24.5 Å². The maximum absolute atomic E-state index is 11.4. The minimum Gasteiger partial charge on any atom is -0.368 e. The number of hydrogen-bond donors (Lipinski definition) is 1. The van der Waals surface area contributed by atoms with Crippen LogP contribution in [0.25, 0.3) is 0 Å². The molecule has 0 aliphatic carbocycles.